The zero-order valence-electron chi connectivity index (χ0n) is 10.5. The number of hydrogen-bond donors (Lipinski definition) is 1. The van der Waals surface area contributed by atoms with Gasteiger partial charge in [0.25, 0.3) is 0 Å². The lowest BCUT2D eigenvalue weighted by Gasteiger charge is -2.23. The van der Waals surface area contributed by atoms with Crippen molar-refractivity contribution >= 4 is 0 Å². The first-order valence-corrected chi connectivity index (χ1v) is 6.50. The summed E-state index contributed by atoms with van der Waals surface area (Å²) in [6.07, 6.45) is 7.98. The van der Waals surface area contributed by atoms with Crippen LogP contribution in [0.2, 0.25) is 0 Å². The summed E-state index contributed by atoms with van der Waals surface area (Å²) in [7, 11) is 0. The maximum atomic E-state index is 5.53. The largest absolute Gasteiger partial charge is 0.463 e. The molecule has 4 nitrogen and oxygen atoms in total. The van der Waals surface area contributed by atoms with E-state index in [1.165, 1.54) is 32.2 Å². The summed E-state index contributed by atoms with van der Waals surface area (Å²) < 4.78 is 5.53. The third kappa shape index (κ3) is 4.30. The van der Waals surface area contributed by atoms with Crippen molar-refractivity contribution < 1.29 is 4.74 Å². The molecule has 1 atom stereocenters. The van der Waals surface area contributed by atoms with Crippen LogP contribution in [0.25, 0.3) is 0 Å². The quantitative estimate of drug-likeness (QED) is 0.794. The van der Waals surface area contributed by atoms with Crippen molar-refractivity contribution in [2.24, 2.45) is 0 Å². The van der Waals surface area contributed by atoms with Gasteiger partial charge in [-0.3, -0.25) is 0 Å². The summed E-state index contributed by atoms with van der Waals surface area (Å²) in [4.78, 5) is 8.28. The van der Waals surface area contributed by atoms with Crippen LogP contribution in [0.5, 0.6) is 6.01 Å². The van der Waals surface area contributed by atoms with Crippen LogP contribution in [-0.4, -0.2) is 29.2 Å². The van der Waals surface area contributed by atoms with E-state index in [9.17, 15) is 0 Å². The van der Waals surface area contributed by atoms with Crippen LogP contribution in [0, 0.1) is 6.92 Å². The molecule has 0 saturated carbocycles. The molecule has 2 rings (SSSR count). The van der Waals surface area contributed by atoms with E-state index in [1.54, 1.807) is 6.20 Å². The van der Waals surface area contributed by atoms with Gasteiger partial charge in [0.05, 0.1) is 6.61 Å². The molecule has 0 amide bonds. The van der Waals surface area contributed by atoms with Crippen LogP contribution in [0.15, 0.2) is 12.3 Å². The normalized spacial score (nSPS) is 20.2. The van der Waals surface area contributed by atoms with Crippen LogP contribution in [0.3, 0.4) is 0 Å². The molecule has 1 saturated heterocycles. The molecule has 0 aromatic carbocycles. The van der Waals surface area contributed by atoms with Gasteiger partial charge in [-0.2, -0.15) is 0 Å². The maximum absolute atomic E-state index is 5.53. The zero-order chi connectivity index (χ0) is 11.9. The molecule has 1 aliphatic rings. The van der Waals surface area contributed by atoms with E-state index in [0.29, 0.717) is 18.7 Å². The van der Waals surface area contributed by atoms with Crippen LogP contribution >= 0.6 is 0 Å². The second-order valence-corrected chi connectivity index (χ2v) is 4.62. The molecule has 0 spiro atoms. The van der Waals surface area contributed by atoms with Crippen molar-refractivity contribution in [1.82, 2.24) is 15.3 Å². The standard InChI is InChI=1S/C13H21N3O/c1-11-7-9-15-13(16-11)17-10-4-6-12-5-2-3-8-14-12/h7,9,12,14H,2-6,8,10H2,1H3/t12-/m0/s1. The summed E-state index contributed by atoms with van der Waals surface area (Å²) in [6, 6.07) is 3.06. The Kier molecular flexibility index (Phi) is 4.74. The number of nitrogens with zero attached hydrogens (tertiary/aromatic N) is 2. The van der Waals surface area contributed by atoms with Gasteiger partial charge in [-0.15, -0.1) is 0 Å². The lowest BCUT2D eigenvalue weighted by Crippen LogP contribution is -2.34. The number of piperidine rings is 1. The van der Waals surface area contributed by atoms with E-state index in [-0.39, 0.29) is 0 Å². The van der Waals surface area contributed by atoms with E-state index in [1.807, 2.05) is 13.0 Å². The van der Waals surface area contributed by atoms with Crippen molar-refractivity contribution in [3.8, 4) is 6.01 Å². The fourth-order valence-electron chi connectivity index (χ4n) is 2.16. The number of hydrogen-bond acceptors (Lipinski definition) is 4. The van der Waals surface area contributed by atoms with Crippen molar-refractivity contribution in [3.63, 3.8) is 0 Å². The Labute approximate surface area is 103 Å². The average Bonchev–Trinajstić information content (AvgIpc) is 2.36. The lowest BCUT2D eigenvalue weighted by atomic mass is 10.0. The smallest absolute Gasteiger partial charge is 0.316 e. The third-order valence-electron chi connectivity index (χ3n) is 3.11. The van der Waals surface area contributed by atoms with Crippen LogP contribution < -0.4 is 10.1 Å². The fraction of sp³-hybridized carbons (Fsp3) is 0.692. The first-order chi connectivity index (χ1) is 8.34. The van der Waals surface area contributed by atoms with Gasteiger partial charge in [-0.25, -0.2) is 9.97 Å². The molecule has 0 radical (unpaired) electrons. The monoisotopic (exact) mass is 235 g/mol. The molecule has 1 aromatic heterocycles. The Hall–Kier alpha value is -1.16. The molecular weight excluding hydrogens is 214 g/mol. The third-order valence-corrected chi connectivity index (χ3v) is 3.11. The first-order valence-electron chi connectivity index (χ1n) is 6.50. The van der Waals surface area contributed by atoms with Gasteiger partial charge in [0.2, 0.25) is 0 Å². The number of aromatic nitrogens is 2. The molecule has 1 N–H and O–H groups in total. The molecule has 1 aromatic rings. The highest BCUT2D eigenvalue weighted by atomic mass is 16.5. The fourth-order valence-corrected chi connectivity index (χ4v) is 2.16. The molecular formula is C13H21N3O. The van der Waals surface area contributed by atoms with Crippen molar-refractivity contribution in [2.45, 2.75) is 45.1 Å². The van der Waals surface area contributed by atoms with Crippen LogP contribution in [0.4, 0.5) is 0 Å². The molecule has 4 heteroatoms. The van der Waals surface area contributed by atoms with Gasteiger partial charge >= 0.3 is 6.01 Å². The Morgan fingerprint density at radius 1 is 1.47 bits per heavy atom. The predicted octanol–water partition coefficient (Wildman–Crippen LogP) is 2.09. The number of aryl methyl sites for hydroxylation is 1. The number of rotatable bonds is 5. The highest BCUT2D eigenvalue weighted by molar-refractivity contribution is 5.02. The molecule has 0 aliphatic carbocycles. The Morgan fingerprint density at radius 2 is 2.41 bits per heavy atom. The van der Waals surface area contributed by atoms with E-state index in [4.69, 9.17) is 4.74 Å². The maximum Gasteiger partial charge on any atom is 0.316 e. The van der Waals surface area contributed by atoms with Gasteiger partial charge in [-0.1, -0.05) is 6.42 Å². The van der Waals surface area contributed by atoms with Crippen molar-refractivity contribution in [3.05, 3.63) is 18.0 Å². The number of nitrogens with one attached hydrogen (secondary N) is 1. The highest BCUT2D eigenvalue weighted by Crippen LogP contribution is 2.12. The van der Waals surface area contributed by atoms with Crippen molar-refractivity contribution in [2.75, 3.05) is 13.2 Å². The van der Waals surface area contributed by atoms with Crippen LogP contribution in [-0.2, 0) is 0 Å². The van der Waals surface area contributed by atoms with E-state index in [2.05, 4.69) is 15.3 Å². The second-order valence-electron chi connectivity index (χ2n) is 4.62. The first kappa shape index (κ1) is 12.3. The molecule has 1 aliphatic heterocycles. The summed E-state index contributed by atoms with van der Waals surface area (Å²) in [5.74, 6) is 0. The summed E-state index contributed by atoms with van der Waals surface area (Å²) in [6.45, 7) is 3.83. The average molecular weight is 235 g/mol. The minimum Gasteiger partial charge on any atom is -0.463 e. The van der Waals surface area contributed by atoms with Gasteiger partial charge in [0.15, 0.2) is 0 Å². The lowest BCUT2D eigenvalue weighted by molar-refractivity contribution is 0.266. The molecule has 0 bridgehead atoms. The Bertz CT molecular complexity index is 337. The minimum atomic E-state index is 0.501. The molecule has 1 fully saturated rings. The minimum absolute atomic E-state index is 0.501. The van der Waals surface area contributed by atoms with E-state index >= 15 is 0 Å². The van der Waals surface area contributed by atoms with Gasteiger partial charge in [0, 0.05) is 17.9 Å². The summed E-state index contributed by atoms with van der Waals surface area (Å²) in [5.41, 5.74) is 0.948. The predicted molar refractivity (Wildman–Crippen MR) is 67.1 cm³/mol. The van der Waals surface area contributed by atoms with Gasteiger partial charge in [-0.05, 0) is 45.2 Å². The second kappa shape index (κ2) is 6.55. The SMILES string of the molecule is Cc1ccnc(OCCC[C@@H]2CCCCN2)n1. The Balaban J connectivity index is 1.62. The zero-order valence-corrected chi connectivity index (χ0v) is 10.5. The van der Waals surface area contributed by atoms with Gasteiger partial charge < -0.3 is 10.1 Å². The Morgan fingerprint density at radius 3 is 3.18 bits per heavy atom. The molecule has 94 valence electrons. The van der Waals surface area contributed by atoms with Crippen LogP contribution in [0.1, 0.15) is 37.8 Å². The molecule has 17 heavy (non-hydrogen) atoms. The number of ether oxygens (including phenoxy) is 1. The molecule has 0 unspecified atom stereocenters. The van der Waals surface area contributed by atoms with Crippen molar-refractivity contribution in [1.29, 1.82) is 0 Å². The summed E-state index contributed by atoms with van der Waals surface area (Å²) >= 11 is 0. The highest BCUT2D eigenvalue weighted by Gasteiger charge is 2.11. The molecule has 2 heterocycles. The van der Waals surface area contributed by atoms with E-state index < -0.39 is 0 Å². The van der Waals surface area contributed by atoms with Gasteiger partial charge in [0.1, 0.15) is 0 Å². The van der Waals surface area contributed by atoms with E-state index in [0.717, 1.165) is 12.1 Å². The topological polar surface area (TPSA) is 47.0 Å². The summed E-state index contributed by atoms with van der Waals surface area (Å²) in [5, 5.41) is 3.54.